The van der Waals surface area contributed by atoms with Crippen LogP contribution in [0.4, 0.5) is 11.4 Å². The lowest BCUT2D eigenvalue weighted by atomic mass is 10.1. The summed E-state index contributed by atoms with van der Waals surface area (Å²) in [7, 11) is 3.96. The first kappa shape index (κ1) is 16.5. The Morgan fingerprint density at radius 1 is 1.19 bits per heavy atom. The van der Waals surface area contributed by atoms with Gasteiger partial charge in [0, 0.05) is 42.4 Å². The van der Waals surface area contributed by atoms with Gasteiger partial charge >= 0.3 is 0 Å². The van der Waals surface area contributed by atoms with E-state index in [9.17, 15) is 4.79 Å². The van der Waals surface area contributed by atoms with Gasteiger partial charge in [0.25, 0.3) is 5.91 Å². The Hall–Kier alpha value is -2.93. The zero-order chi connectivity index (χ0) is 18.1. The van der Waals surface area contributed by atoms with Crippen molar-refractivity contribution in [3.63, 3.8) is 0 Å². The van der Waals surface area contributed by atoms with Crippen LogP contribution in [0, 0.1) is 0 Å². The second kappa shape index (κ2) is 6.76. The number of ether oxygens (including phenoxy) is 1. The van der Waals surface area contributed by atoms with Crippen molar-refractivity contribution >= 4 is 28.8 Å². The maximum Gasteiger partial charge on any atom is 0.258 e. The Morgan fingerprint density at radius 2 is 2.00 bits per heavy atom. The summed E-state index contributed by atoms with van der Waals surface area (Å²) in [5, 5.41) is 5.94. The molecular weight excluding hydrogens is 348 g/mol. The lowest BCUT2D eigenvalue weighted by molar-refractivity contribution is 0.0976. The van der Waals surface area contributed by atoms with Crippen molar-refractivity contribution in [2.24, 2.45) is 0 Å². The van der Waals surface area contributed by atoms with Gasteiger partial charge in [0.15, 0.2) is 0 Å². The van der Waals surface area contributed by atoms with Crippen LogP contribution in [0.25, 0.3) is 11.3 Å². The van der Waals surface area contributed by atoms with Gasteiger partial charge in [-0.2, -0.15) is 0 Å². The molecule has 0 fully saturated rings. The van der Waals surface area contributed by atoms with Gasteiger partial charge in [-0.1, -0.05) is 16.6 Å². The van der Waals surface area contributed by atoms with E-state index in [1.165, 1.54) is 11.5 Å². The number of hydrogen-bond donors (Lipinski definition) is 0. The van der Waals surface area contributed by atoms with Crippen LogP contribution in [-0.4, -0.2) is 42.7 Å². The minimum Gasteiger partial charge on any atom is -0.489 e. The van der Waals surface area contributed by atoms with Gasteiger partial charge in [-0.05, 0) is 35.8 Å². The van der Waals surface area contributed by atoms with Crippen molar-refractivity contribution in [2.45, 2.75) is 0 Å². The monoisotopic (exact) mass is 366 g/mol. The molecule has 132 valence electrons. The van der Waals surface area contributed by atoms with Crippen LogP contribution in [0.15, 0.2) is 47.8 Å². The van der Waals surface area contributed by atoms with E-state index in [1.807, 2.05) is 66.8 Å². The summed E-state index contributed by atoms with van der Waals surface area (Å²) < 4.78 is 9.64. The van der Waals surface area contributed by atoms with Crippen molar-refractivity contribution in [3.05, 3.63) is 53.4 Å². The fraction of sp³-hybridized carbons (Fsp3) is 0.211. The van der Waals surface area contributed by atoms with E-state index in [4.69, 9.17) is 4.74 Å². The Kier molecular flexibility index (Phi) is 4.30. The molecule has 3 aromatic rings. The maximum absolute atomic E-state index is 13.0. The molecule has 0 aliphatic carbocycles. The second-order valence-electron chi connectivity index (χ2n) is 6.22. The fourth-order valence-corrected chi connectivity index (χ4v) is 3.39. The third-order valence-corrected chi connectivity index (χ3v) is 4.86. The van der Waals surface area contributed by atoms with E-state index in [0.29, 0.717) is 18.7 Å². The zero-order valence-corrected chi connectivity index (χ0v) is 15.4. The van der Waals surface area contributed by atoms with Crippen molar-refractivity contribution in [3.8, 4) is 17.0 Å². The van der Waals surface area contributed by atoms with E-state index in [-0.39, 0.29) is 5.91 Å². The molecule has 4 rings (SSSR count). The van der Waals surface area contributed by atoms with Crippen molar-refractivity contribution < 1.29 is 9.53 Å². The molecule has 1 aromatic heterocycles. The normalized spacial score (nSPS) is 13.1. The highest BCUT2D eigenvalue weighted by Crippen LogP contribution is 2.35. The van der Waals surface area contributed by atoms with Crippen LogP contribution in [0.3, 0.4) is 0 Å². The lowest BCUT2D eigenvalue weighted by Gasteiger charge is -2.30. The minimum atomic E-state index is -0.0323. The molecular formula is C19H18N4O2S. The Bertz CT molecular complexity index is 923. The molecule has 0 saturated carbocycles. The van der Waals surface area contributed by atoms with Gasteiger partial charge in [-0.25, -0.2) is 0 Å². The quantitative estimate of drug-likeness (QED) is 0.712. The molecule has 0 spiro atoms. The second-order valence-corrected chi connectivity index (χ2v) is 6.83. The first-order chi connectivity index (χ1) is 12.6. The van der Waals surface area contributed by atoms with E-state index < -0.39 is 0 Å². The van der Waals surface area contributed by atoms with E-state index in [2.05, 4.69) is 9.59 Å². The SMILES string of the molecule is CN(C)c1ccc2c(c1)OCCN2C(=O)c1ccc(-c2csnn2)cc1. The van der Waals surface area contributed by atoms with Crippen molar-refractivity contribution in [1.82, 2.24) is 9.59 Å². The average molecular weight is 366 g/mol. The van der Waals surface area contributed by atoms with Gasteiger partial charge in [-0.3, -0.25) is 4.79 Å². The highest BCUT2D eigenvalue weighted by Gasteiger charge is 2.25. The number of fused-ring (bicyclic) bond motifs is 1. The summed E-state index contributed by atoms with van der Waals surface area (Å²) in [6, 6.07) is 13.4. The number of amides is 1. The van der Waals surface area contributed by atoms with E-state index >= 15 is 0 Å². The minimum absolute atomic E-state index is 0.0323. The smallest absolute Gasteiger partial charge is 0.258 e. The number of rotatable bonds is 3. The van der Waals surface area contributed by atoms with Crippen LogP contribution >= 0.6 is 11.5 Å². The molecule has 2 aromatic carbocycles. The van der Waals surface area contributed by atoms with Gasteiger partial charge in [0.2, 0.25) is 0 Å². The number of anilines is 2. The first-order valence-electron chi connectivity index (χ1n) is 8.27. The molecule has 6 nitrogen and oxygen atoms in total. The van der Waals surface area contributed by atoms with Gasteiger partial charge in [-0.15, -0.1) is 5.10 Å². The van der Waals surface area contributed by atoms with Crippen LogP contribution in [0.2, 0.25) is 0 Å². The van der Waals surface area contributed by atoms with Crippen LogP contribution in [0.1, 0.15) is 10.4 Å². The molecule has 26 heavy (non-hydrogen) atoms. The standard InChI is InChI=1S/C19H18N4O2S/c1-22(2)15-7-8-17-18(11-15)25-10-9-23(17)19(24)14-5-3-13(4-6-14)16-12-26-21-20-16/h3-8,11-12H,9-10H2,1-2H3. The summed E-state index contributed by atoms with van der Waals surface area (Å²) in [5.41, 5.74) is 4.26. The summed E-state index contributed by atoms with van der Waals surface area (Å²) in [6.07, 6.45) is 0. The highest BCUT2D eigenvalue weighted by molar-refractivity contribution is 7.03. The largest absolute Gasteiger partial charge is 0.489 e. The number of nitrogens with zero attached hydrogens (tertiary/aromatic N) is 4. The maximum atomic E-state index is 13.0. The molecule has 0 N–H and O–H groups in total. The number of hydrogen-bond acceptors (Lipinski definition) is 6. The Morgan fingerprint density at radius 3 is 2.69 bits per heavy atom. The van der Waals surface area contributed by atoms with E-state index in [0.717, 1.165) is 28.4 Å². The topological polar surface area (TPSA) is 58.6 Å². The number of carbonyl (C=O) groups excluding carboxylic acids is 1. The van der Waals surface area contributed by atoms with Crippen LogP contribution in [-0.2, 0) is 0 Å². The summed E-state index contributed by atoms with van der Waals surface area (Å²) in [4.78, 5) is 16.8. The summed E-state index contributed by atoms with van der Waals surface area (Å²) in [5.74, 6) is 0.705. The molecule has 1 aliphatic heterocycles. The first-order valence-corrected chi connectivity index (χ1v) is 9.10. The van der Waals surface area contributed by atoms with Gasteiger partial charge in [0.05, 0.1) is 12.2 Å². The Balaban J connectivity index is 1.61. The Labute approximate surface area is 155 Å². The predicted molar refractivity (Wildman–Crippen MR) is 103 cm³/mol. The van der Waals surface area contributed by atoms with Crippen LogP contribution < -0.4 is 14.5 Å². The van der Waals surface area contributed by atoms with Crippen molar-refractivity contribution in [2.75, 3.05) is 37.0 Å². The molecule has 0 atom stereocenters. The molecule has 0 saturated heterocycles. The third-order valence-electron chi connectivity index (χ3n) is 4.36. The molecule has 1 amide bonds. The number of aromatic nitrogens is 2. The zero-order valence-electron chi connectivity index (χ0n) is 14.5. The lowest BCUT2D eigenvalue weighted by Crippen LogP contribution is -2.38. The highest BCUT2D eigenvalue weighted by atomic mass is 32.1. The van der Waals surface area contributed by atoms with Gasteiger partial charge < -0.3 is 14.5 Å². The van der Waals surface area contributed by atoms with Gasteiger partial charge in [0.1, 0.15) is 18.1 Å². The molecule has 1 aliphatic rings. The molecule has 0 bridgehead atoms. The van der Waals surface area contributed by atoms with Crippen molar-refractivity contribution in [1.29, 1.82) is 0 Å². The molecule has 2 heterocycles. The summed E-state index contributed by atoms with van der Waals surface area (Å²) >= 11 is 1.31. The van der Waals surface area contributed by atoms with E-state index in [1.54, 1.807) is 4.90 Å². The molecule has 7 heteroatoms. The number of carbonyl (C=O) groups is 1. The summed E-state index contributed by atoms with van der Waals surface area (Å²) in [6.45, 7) is 1.02. The third kappa shape index (κ3) is 3.01. The number of benzene rings is 2. The van der Waals surface area contributed by atoms with Crippen LogP contribution in [0.5, 0.6) is 5.75 Å². The molecule has 0 unspecified atom stereocenters. The fourth-order valence-electron chi connectivity index (χ4n) is 2.93. The predicted octanol–water partition coefficient (Wildman–Crippen LogP) is 3.31. The average Bonchev–Trinajstić information content (AvgIpc) is 3.21. The molecule has 0 radical (unpaired) electrons.